The molecule has 1 heterocycles. The molecule has 2 N–H and O–H groups in total. The molecule has 13 heavy (non-hydrogen) atoms. The molecule has 2 nitrogen and oxygen atoms in total. The highest BCUT2D eigenvalue weighted by Gasteiger charge is 2.10. The van der Waals surface area contributed by atoms with Gasteiger partial charge in [0.1, 0.15) is 0 Å². The second-order valence-electron chi connectivity index (χ2n) is 3.70. The maximum atomic E-state index is 5.97. The van der Waals surface area contributed by atoms with Gasteiger partial charge in [0, 0.05) is 17.8 Å². The molecule has 0 aliphatic heterocycles. The van der Waals surface area contributed by atoms with E-state index in [9.17, 15) is 0 Å². The van der Waals surface area contributed by atoms with Gasteiger partial charge in [-0.3, -0.25) is 0 Å². The van der Waals surface area contributed by atoms with E-state index in [1.165, 1.54) is 10.7 Å². The van der Waals surface area contributed by atoms with Gasteiger partial charge in [0.05, 0.1) is 10.7 Å². The summed E-state index contributed by atoms with van der Waals surface area (Å²) >= 11 is 1.73. The van der Waals surface area contributed by atoms with Gasteiger partial charge in [-0.1, -0.05) is 20.8 Å². The minimum atomic E-state index is 0.246. The summed E-state index contributed by atoms with van der Waals surface area (Å²) in [6, 6.07) is 0.246. The summed E-state index contributed by atoms with van der Waals surface area (Å²) in [6.07, 6.45) is 1.94. The van der Waals surface area contributed by atoms with Crippen molar-refractivity contribution < 1.29 is 0 Å². The van der Waals surface area contributed by atoms with E-state index in [2.05, 4.69) is 31.1 Å². The Morgan fingerprint density at radius 3 is 2.69 bits per heavy atom. The van der Waals surface area contributed by atoms with E-state index in [0.29, 0.717) is 5.92 Å². The molecule has 1 aromatic rings. The zero-order valence-corrected chi connectivity index (χ0v) is 9.40. The second kappa shape index (κ2) is 4.72. The van der Waals surface area contributed by atoms with Gasteiger partial charge in [-0.2, -0.15) is 0 Å². The highest BCUT2D eigenvalue weighted by Crippen LogP contribution is 2.14. The molecule has 0 fully saturated rings. The lowest BCUT2D eigenvalue weighted by Gasteiger charge is -2.13. The largest absolute Gasteiger partial charge is 0.327 e. The summed E-state index contributed by atoms with van der Waals surface area (Å²) < 4.78 is 0. The fourth-order valence-corrected chi connectivity index (χ4v) is 1.99. The van der Waals surface area contributed by atoms with Crippen LogP contribution in [0.15, 0.2) is 5.38 Å². The molecule has 1 aromatic heterocycles. The average molecular weight is 198 g/mol. The van der Waals surface area contributed by atoms with Gasteiger partial charge in [0.25, 0.3) is 0 Å². The molecular weight excluding hydrogens is 180 g/mol. The van der Waals surface area contributed by atoms with Gasteiger partial charge < -0.3 is 5.73 Å². The van der Waals surface area contributed by atoms with Gasteiger partial charge in [-0.05, 0) is 12.3 Å². The zero-order chi connectivity index (χ0) is 9.84. The Balaban J connectivity index is 2.53. The van der Waals surface area contributed by atoms with Gasteiger partial charge in [0.15, 0.2) is 0 Å². The third kappa shape index (κ3) is 3.08. The number of thiazole rings is 1. The topological polar surface area (TPSA) is 38.9 Å². The fourth-order valence-electron chi connectivity index (χ4n) is 1.04. The van der Waals surface area contributed by atoms with Crippen LogP contribution < -0.4 is 5.73 Å². The van der Waals surface area contributed by atoms with E-state index in [0.717, 1.165) is 12.8 Å². The highest BCUT2D eigenvalue weighted by molar-refractivity contribution is 7.09. The van der Waals surface area contributed by atoms with E-state index in [4.69, 9.17) is 5.73 Å². The molecule has 1 rings (SSSR count). The monoisotopic (exact) mass is 198 g/mol. The molecule has 1 atom stereocenters. The summed E-state index contributed by atoms with van der Waals surface area (Å²) in [7, 11) is 0. The van der Waals surface area contributed by atoms with Crippen LogP contribution in [-0.4, -0.2) is 11.0 Å². The molecule has 0 saturated carbocycles. The fraction of sp³-hybridized carbons (Fsp3) is 0.700. The van der Waals surface area contributed by atoms with Crippen molar-refractivity contribution >= 4 is 11.3 Å². The molecule has 74 valence electrons. The molecule has 0 aromatic carbocycles. The lowest BCUT2D eigenvalue weighted by molar-refractivity contribution is 0.489. The highest BCUT2D eigenvalue weighted by atomic mass is 32.1. The lowest BCUT2D eigenvalue weighted by Crippen LogP contribution is -2.28. The smallest absolute Gasteiger partial charge is 0.0943 e. The Morgan fingerprint density at radius 1 is 1.54 bits per heavy atom. The third-order valence-corrected chi connectivity index (χ3v) is 3.15. The molecule has 0 aliphatic carbocycles. The van der Waals surface area contributed by atoms with Crippen LogP contribution in [0, 0.1) is 5.92 Å². The maximum absolute atomic E-state index is 5.97. The Hall–Kier alpha value is -0.410. The zero-order valence-electron chi connectivity index (χ0n) is 8.58. The molecule has 0 spiro atoms. The molecule has 0 amide bonds. The molecular formula is C10H18N2S. The minimum absolute atomic E-state index is 0.246. The van der Waals surface area contributed by atoms with E-state index in [1.807, 2.05) is 0 Å². The van der Waals surface area contributed by atoms with Crippen LogP contribution in [0.1, 0.15) is 31.5 Å². The van der Waals surface area contributed by atoms with Crippen molar-refractivity contribution in [2.75, 3.05) is 0 Å². The van der Waals surface area contributed by atoms with Crippen LogP contribution in [0.4, 0.5) is 0 Å². The SMILES string of the molecule is CCc1csc(CC(N)C(C)C)n1. The summed E-state index contributed by atoms with van der Waals surface area (Å²) in [5, 5.41) is 3.31. The Morgan fingerprint density at radius 2 is 2.23 bits per heavy atom. The number of hydrogen-bond acceptors (Lipinski definition) is 3. The standard InChI is InChI=1S/C10H18N2S/c1-4-8-6-13-10(12-8)5-9(11)7(2)3/h6-7,9H,4-5,11H2,1-3H3. The van der Waals surface area contributed by atoms with Gasteiger partial charge in [0.2, 0.25) is 0 Å². The summed E-state index contributed by atoms with van der Waals surface area (Å²) in [5.74, 6) is 0.536. The molecule has 3 heteroatoms. The first-order chi connectivity index (χ1) is 6.13. The van der Waals surface area contributed by atoms with Crippen LogP contribution >= 0.6 is 11.3 Å². The number of nitrogens with two attached hydrogens (primary N) is 1. The first-order valence-electron chi connectivity index (χ1n) is 4.82. The second-order valence-corrected chi connectivity index (χ2v) is 4.64. The van der Waals surface area contributed by atoms with Crippen molar-refractivity contribution in [2.24, 2.45) is 11.7 Å². The van der Waals surface area contributed by atoms with E-state index >= 15 is 0 Å². The van der Waals surface area contributed by atoms with Gasteiger partial charge in [-0.15, -0.1) is 11.3 Å². The number of aryl methyl sites for hydroxylation is 1. The molecule has 0 aliphatic rings. The van der Waals surface area contributed by atoms with Crippen molar-refractivity contribution in [3.63, 3.8) is 0 Å². The van der Waals surface area contributed by atoms with Crippen molar-refractivity contribution in [3.05, 3.63) is 16.1 Å². The summed E-state index contributed by atoms with van der Waals surface area (Å²) in [6.45, 7) is 6.43. The average Bonchev–Trinajstić information content (AvgIpc) is 2.52. The normalized spacial score (nSPS) is 13.6. The quantitative estimate of drug-likeness (QED) is 0.805. The number of hydrogen-bond donors (Lipinski definition) is 1. The number of rotatable bonds is 4. The maximum Gasteiger partial charge on any atom is 0.0943 e. The Bertz CT molecular complexity index is 255. The van der Waals surface area contributed by atoms with Crippen LogP contribution in [0.25, 0.3) is 0 Å². The lowest BCUT2D eigenvalue weighted by atomic mass is 10.0. The van der Waals surface area contributed by atoms with Crippen molar-refractivity contribution in [1.82, 2.24) is 4.98 Å². The minimum Gasteiger partial charge on any atom is -0.327 e. The summed E-state index contributed by atoms with van der Waals surface area (Å²) in [5.41, 5.74) is 7.16. The van der Waals surface area contributed by atoms with Crippen LogP contribution in [0.5, 0.6) is 0 Å². The predicted octanol–water partition coefficient (Wildman–Crippen LogP) is 2.23. The van der Waals surface area contributed by atoms with Crippen LogP contribution in [-0.2, 0) is 12.8 Å². The van der Waals surface area contributed by atoms with Gasteiger partial charge >= 0.3 is 0 Å². The molecule has 1 unspecified atom stereocenters. The van der Waals surface area contributed by atoms with E-state index < -0.39 is 0 Å². The van der Waals surface area contributed by atoms with Crippen molar-refractivity contribution in [2.45, 2.75) is 39.7 Å². The Kier molecular flexibility index (Phi) is 3.88. The van der Waals surface area contributed by atoms with Crippen molar-refractivity contribution in [3.8, 4) is 0 Å². The molecule has 0 bridgehead atoms. The van der Waals surface area contributed by atoms with Crippen LogP contribution in [0.2, 0.25) is 0 Å². The van der Waals surface area contributed by atoms with Crippen molar-refractivity contribution in [1.29, 1.82) is 0 Å². The predicted molar refractivity (Wildman–Crippen MR) is 58.0 cm³/mol. The van der Waals surface area contributed by atoms with Crippen LogP contribution in [0.3, 0.4) is 0 Å². The third-order valence-electron chi connectivity index (χ3n) is 2.23. The Labute approximate surface area is 84.2 Å². The number of nitrogens with zero attached hydrogens (tertiary/aromatic N) is 1. The van der Waals surface area contributed by atoms with E-state index in [-0.39, 0.29) is 6.04 Å². The van der Waals surface area contributed by atoms with E-state index in [1.54, 1.807) is 11.3 Å². The first kappa shape index (κ1) is 10.7. The van der Waals surface area contributed by atoms with Gasteiger partial charge in [-0.25, -0.2) is 4.98 Å². The molecule has 0 radical (unpaired) electrons. The molecule has 0 saturated heterocycles. The first-order valence-corrected chi connectivity index (χ1v) is 5.70. The summed E-state index contributed by atoms with van der Waals surface area (Å²) in [4.78, 5) is 4.49. The number of aromatic nitrogens is 1.